The predicted octanol–water partition coefficient (Wildman–Crippen LogP) is 6.78. The molecule has 0 aromatic heterocycles. The first-order chi connectivity index (χ1) is 21.2. The number of carboxylic acid groups (broad SMARTS) is 2. The van der Waals surface area contributed by atoms with Crippen LogP contribution >= 0.6 is 0 Å². The zero-order valence-electron chi connectivity index (χ0n) is 25.2. The van der Waals surface area contributed by atoms with Crippen LogP contribution in [-0.2, 0) is 9.59 Å². The summed E-state index contributed by atoms with van der Waals surface area (Å²) in [5, 5.41) is 18.5. The predicted molar refractivity (Wildman–Crippen MR) is 177 cm³/mol. The van der Waals surface area contributed by atoms with Crippen molar-refractivity contribution in [1.29, 1.82) is 0 Å². The van der Waals surface area contributed by atoms with Crippen LogP contribution in [0.2, 0.25) is 0 Å². The van der Waals surface area contributed by atoms with Crippen molar-refractivity contribution in [3.63, 3.8) is 0 Å². The van der Waals surface area contributed by atoms with Crippen LogP contribution in [-0.4, -0.2) is 53.9 Å². The van der Waals surface area contributed by atoms with E-state index in [2.05, 4.69) is 82.6 Å². The Bertz CT molecular complexity index is 1400. The van der Waals surface area contributed by atoms with Gasteiger partial charge in [-0.2, -0.15) is 0 Å². The highest BCUT2D eigenvalue weighted by Crippen LogP contribution is 2.34. The van der Waals surface area contributed by atoms with Gasteiger partial charge >= 0.3 is 11.9 Å². The molecule has 0 aliphatic carbocycles. The number of hydrogen-bond donors (Lipinski definition) is 3. The monoisotopic (exact) mass is 591 g/mol. The number of aliphatic carboxylic acids is 2. The molecule has 0 amide bonds. The lowest BCUT2D eigenvalue weighted by Gasteiger charge is -2.37. The quantitative estimate of drug-likeness (QED) is 0.227. The van der Waals surface area contributed by atoms with E-state index in [9.17, 15) is 19.8 Å². The maximum absolute atomic E-state index is 11.3. The van der Waals surface area contributed by atoms with Crippen LogP contribution < -0.4 is 15.5 Å². The lowest BCUT2D eigenvalue weighted by atomic mass is 9.80. The summed E-state index contributed by atoms with van der Waals surface area (Å²) in [4.78, 5) is 27.0. The maximum Gasteiger partial charge on any atom is 0.323 e. The second kappa shape index (κ2) is 13.3. The summed E-state index contributed by atoms with van der Waals surface area (Å²) in [6.07, 6.45) is 2.34. The fraction of sp³-hybridized carbons (Fsp3) is 0.297. The van der Waals surface area contributed by atoms with Gasteiger partial charge in [0.2, 0.25) is 0 Å². The molecule has 4 N–H and O–H groups in total. The van der Waals surface area contributed by atoms with E-state index in [-0.39, 0.29) is 0 Å². The average molecular weight is 592 g/mol. The summed E-state index contributed by atoms with van der Waals surface area (Å²) in [5.41, 5.74) is 11.4. The number of anilines is 2. The molecule has 2 heterocycles. The van der Waals surface area contributed by atoms with Crippen LogP contribution in [0.3, 0.4) is 0 Å². The van der Waals surface area contributed by atoms with Crippen molar-refractivity contribution in [2.45, 2.75) is 38.1 Å². The molecule has 0 radical (unpaired) electrons. The summed E-state index contributed by atoms with van der Waals surface area (Å²) >= 11 is 0. The molecular weight excluding hydrogens is 550 g/mol. The van der Waals surface area contributed by atoms with Gasteiger partial charge in [0.1, 0.15) is 5.54 Å². The minimum absolute atomic E-state index is 0.475. The third kappa shape index (κ3) is 7.12. The van der Waals surface area contributed by atoms with Crippen molar-refractivity contribution in [1.82, 2.24) is 0 Å². The second-order valence-corrected chi connectivity index (χ2v) is 12.1. The Kier molecular flexibility index (Phi) is 9.35. The number of nitrogens with two attached hydrogens (primary N) is 1. The van der Waals surface area contributed by atoms with Gasteiger partial charge in [0, 0.05) is 37.6 Å². The van der Waals surface area contributed by atoms with Gasteiger partial charge < -0.3 is 25.7 Å². The van der Waals surface area contributed by atoms with E-state index in [1.807, 2.05) is 43.3 Å². The smallest absolute Gasteiger partial charge is 0.323 e. The number of carbonyl (C=O) groups is 2. The zero-order chi connectivity index (χ0) is 31.2. The van der Waals surface area contributed by atoms with Gasteiger partial charge in [0.25, 0.3) is 0 Å². The Hall–Kier alpha value is -4.62. The fourth-order valence-corrected chi connectivity index (χ4v) is 5.84. The first-order valence-corrected chi connectivity index (χ1v) is 15.2. The van der Waals surface area contributed by atoms with Gasteiger partial charge in [-0.1, -0.05) is 84.9 Å². The molecule has 228 valence electrons. The molecule has 7 nitrogen and oxygen atoms in total. The third-order valence-electron chi connectivity index (χ3n) is 9.14. The SMILES string of the molecule is CC1(C(=O)O)CCN(c2ccc(-c3ccccc3)cc2)CC1.NC1(C(=O)O)CCN(c2ccc(-c3ccccc3)cc2)CC1. The van der Waals surface area contributed by atoms with E-state index in [1.165, 1.54) is 27.9 Å². The van der Waals surface area contributed by atoms with Crippen LogP contribution in [0.1, 0.15) is 32.6 Å². The van der Waals surface area contributed by atoms with Crippen LogP contribution in [0.15, 0.2) is 109 Å². The van der Waals surface area contributed by atoms with Gasteiger partial charge in [-0.15, -0.1) is 0 Å². The summed E-state index contributed by atoms with van der Waals surface area (Å²) < 4.78 is 0. The lowest BCUT2D eigenvalue weighted by molar-refractivity contribution is -0.149. The van der Waals surface area contributed by atoms with Crippen molar-refractivity contribution in [3.8, 4) is 22.3 Å². The van der Waals surface area contributed by atoms with Crippen LogP contribution in [0.25, 0.3) is 22.3 Å². The maximum atomic E-state index is 11.3. The zero-order valence-corrected chi connectivity index (χ0v) is 25.2. The van der Waals surface area contributed by atoms with Crippen molar-refractivity contribution in [3.05, 3.63) is 109 Å². The molecule has 4 aromatic rings. The molecule has 0 saturated carbocycles. The van der Waals surface area contributed by atoms with Crippen molar-refractivity contribution < 1.29 is 19.8 Å². The van der Waals surface area contributed by atoms with E-state index in [0.717, 1.165) is 18.8 Å². The Morgan fingerprint density at radius 2 is 0.886 bits per heavy atom. The minimum atomic E-state index is -1.07. The number of nitrogens with zero attached hydrogens (tertiary/aromatic N) is 2. The number of piperidine rings is 2. The van der Waals surface area contributed by atoms with Gasteiger partial charge in [-0.05, 0) is 79.1 Å². The molecule has 0 spiro atoms. The van der Waals surface area contributed by atoms with Crippen molar-refractivity contribution in [2.75, 3.05) is 36.0 Å². The normalized spacial score (nSPS) is 17.2. The Morgan fingerprint density at radius 1 is 0.545 bits per heavy atom. The second-order valence-electron chi connectivity index (χ2n) is 12.1. The van der Waals surface area contributed by atoms with Gasteiger partial charge in [-0.3, -0.25) is 9.59 Å². The Labute approximate surface area is 259 Å². The largest absolute Gasteiger partial charge is 0.481 e. The Balaban J connectivity index is 0.000000175. The molecule has 0 unspecified atom stereocenters. The molecule has 2 fully saturated rings. The van der Waals surface area contributed by atoms with E-state index in [1.54, 1.807) is 0 Å². The van der Waals surface area contributed by atoms with Crippen LogP contribution in [0.4, 0.5) is 11.4 Å². The first-order valence-electron chi connectivity index (χ1n) is 15.2. The fourth-order valence-electron chi connectivity index (χ4n) is 5.84. The molecule has 2 aliphatic rings. The van der Waals surface area contributed by atoms with E-state index in [0.29, 0.717) is 38.8 Å². The summed E-state index contributed by atoms with van der Waals surface area (Å²) in [7, 11) is 0. The minimum Gasteiger partial charge on any atom is -0.481 e. The van der Waals surface area contributed by atoms with Crippen molar-refractivity contribution >= 4 is 23.3 Å². The molecule has 44 heavy (non-hydrogen) atoms. The standard InChI is InChI=1S/C19H21NO2.C18H20N2O2/c1-19(18(21)22)11-13-20(14-12-19)17-9-7-16(8-10-17)15-5-3-2-4-6-15;19-18(17(21)22)10-12-20(13-11-18)16-8-6-15(7-9-16)14-4-2-1-3-5-14/h2-10H,11-14H2,1H3,(H,21,22);1-9H,10-13,19H2,(H,21,22). The molecule has 7 heteroatoms. The third-order valence-corrected chi connectivity index (χ3v) is 9.14. The van der Waals surface area contributed by atoms with Crippen molar-refractivity contribution in [2.24, 2.45) is 11.1 Å². The van der Waals surface area contributed by atoms with Gasteiger partial charge in [0.15, 0.2) is 0 Å². The molecule has 2 aliphatic heterocycles. The average Bonchev–Trinajstić information content (AvgIpc) is 3.07. The van der Waals surface area contributed by atoms with Crippen LogP contribution in [0, 0.1) is 5.41 Å². The molecular formula is C37H41N3O4. The molecule has 0 atom stereocenters. The summed E-state index contributed by atoms with van der Waals surface area (Å²) in [6.45, 7) is 4.80. The number of hydrogen-bond acceptors (Lipinski definition) is 5. The molecule has 0 bridgehead atoms. The van der Waals surface area contributed by atoms with Crippen LogP contribution in [0.5, 0.6) is 0 Å². The highest BCUT2D eigenvalue weighted by atomic mass is 16.4. The highest BCUT2D eigenvalue weighted by Gasteiger charge is 2.38. The van der Waals surface area contributed by atoms with Gasteiger partial charge in [0.05, 0.1) is 5.41 Å². The first kappa shape index (κ1) is 30.8. The number of carboxylic acids is 2. The lowest BCUT2D eigenvalue weighted by Crippen LogP contribution is -2.55. The number of benzene rings is 4. The topological polar surface area (TPSA) is 107 Å². The van der Waals surface area contributed by atoms with E-state index < -0.39 is 22.9 Å². The van der Waals surface area contributed by atoms with E-state index in [4.69, 9.17) is 5.73 Å². The summed E-state index contributed by atoms with van der Waals surface area (Å²) in [5.74, 6) is -1.57. The molecule has 2 saturated heterocycles. The molecule has 4 aromatic carbocycles. The Morgan fingerprint density at radius 3 is 1.23 bits per heavy atom. The highest BCUT2D eigenvalue weighted by molar-refractivity contribution is 5.79. The molecule has 6 rings (SSSR count). The number of rotatable bonds is 6. The van der Waals surface area contributed by atoms with E-state index >= 15 is 0 Å². The van der Waals surface area contributed by atoms with Gasteiger partial charge in [-0.25, -0.2) is 0 Å². The summed E-state index contributed by atoms with van der Waals surface area (Å²) in [6, 6.07) is 37.5.